The number of carboxylic acids is 1. The molecule has 0 aromatic heterocycles. The fourth-order valence-electron chi connectivity index (χ4n) is 1.74. The zero-order valence-corrected chi connectivity index (χ0v) is 11.8. The van der Waals surface area contributed by atoms with Gasteiger partial charge in [0, 0.05) is 6.54 Å². The van der Waals surface area contributed by atoms with Gasteiger partial charge in [-0.1, -0.05) is 13.0 Å². The van der Waals surface area contributed by atoms with E-state index in [-0.39, 0.29) is 15.9 Å². The van der Waals surface area contributed by atoms with Crippen LogP contribution in [0.1, 0.15) is 35.7 Å². The molecule has 1 aliphatic carbocycles. The van der Waals surface area contributed by atoms with Crippen molar-refractivity contribution < 1.29 is 18.3 Å². The van der Waals surface area contributed by atoms with Crippen molar-refractivity contribution in [2.75, 3.05) is 6.54 Å². The highest BCUT2D eigenvalue weighted by Gasteiger charge is 2.38. The molecule has 0 spiro atoms. The van der Waals surface area contributed by atoms with Crippen LogP contribution in [0.25, 0.3) is 0 Å². The van der Waals surface area contributed by atoms with Gasteiger partial charge in [0.15, 0.2) is 0 Å². The lowest BCUT2D eigenvalue weighted by molar-refractivity contribution is 0.0696. The summed E-state index contributed by atoms with van der Waals surface area (Å²) in [5.74, 6) is -1.12. The maximum Gasteiger partial charge on any atom is 0.335 e. The van der Waals surface area contributed by atoms with Crippen molar-refractivity contribution in [2.24, 2.45) is 5.41 Å². The Morgan fingerprint density at radius 2 is 2.05 bits per heavy atom. The molecule has 0 bridgehead atoms. The van der Waals surface area contributed by atoms with Crippen molar-refractivity contribution in [3.8, 4) is 0 Å². The quantitative estimate of drug-likeness (QED) is 0.862. The number of hydrogen-bond donors (Lipinski definition) is 2. The van der Waals surface area contributed by atoms with Crippen molar-refractivity contribution in [1.82, 2.24) is 4.72 Å². The fourth-order valence-corrected chi connectivity index (χ4v) is 2.97. The number of carbonyl (C=O) groups is 1. The maximum absolute atomic E-state index is 12.1. The lowest BCUT2D eigenvalue weighted by Crippen LogP contribution is -2.29. The molecule has 2 rings (SSSR count). The smallest absolute Gasteiger partial charge is 0.335 e. The molecule has 6 heteroatoms. The van der Waals surface area contributed by atoms with Gasteiger partial charge >= 0.3 is 5.97 Å². The van der Waals surface area contributed by atoms with E-state index in [1.165, 1.54) is 18.2 Å². The predicted molar refractivity (Wildman–Crippen MR) is 70.7 cm³/mol. The van der Waals surface area contributed by atoms with Gasteiger partial charge in [-0.25, -0.2) is 17.9 Å². The van der Waals surface area contributed by atoms with Crippen LogP contribution in [-0.4, -0.2) is 26.0 Å². The third-order valence-corrected chi connectivity index (χ3v) is 4.94. The Bertz CT molecular complexity index is 618. The average Bonchev–Trinajstić information content (AvgIpc) is 3.06. The molecule has 0 aliphatic heterocycles. The summed E-state index contributed by atoms with van der Waals surface area (Å²) in [5.41, 5.74) is 0.619. The van der Waals surface area contributed by atoms with Crippen LogP contribution < -0.4 is 4.72 Å². The van der Waals surface area contributed by atoms with Gasteiger partial charge in [0.05, 0.1) is 10.5 Å². The van der Waals surface area contributed by atoms with E-state index in [0.29, 0.717) is 12.1 Å². The van der Waals surface area contributed by atoms with Crippen molar-refractivity contribution >= 4 is 16.0 Å². The highest BCUT2D eigenvalue weighted by molar-refractivity contribution is 7.89. The zero-order chi connectivity index (χ0) is 14.3. The lowest BCUT2D eigenvalue weighted by atomic mass is 10.1. The van der Waals surface area contributed by atoms with Gasteiger partial charge in [0.25, 0.3) is 0 Å². The van der Waals surface area contributed by atoms with E-state index in [1.807, 2.05) is 6.92 Å². The second-order valence-corrected chi connectivity index (χ2v) is 7.18. The minimum absolute atomic E-state index is 0.000231. The second kappa shape index (κ2) is 4.61. The first-order chi connectivity index (χ1) is 8.73. The molecule has 1 aliphatic rings. The lowest BCUT2D eigenvalue weighted by Gasteiger charge is -2.11. The standard InChI is InChI=1S/C13H17NO4S/c1-9-3-4-10(7-11(9)12(15)16)19(17,18)14-8-13(2)5-6-13/h3-4,7,14H,5-6,8H2,1-2H3,(H,15,16). The van der Waals surface area contributed by atoms with Gasteiger partial charge < -0.3 is 5.11 Å². The van der Waals surface area contributed by atoms with Crippen LogP contribution in [-0.2, 0) is 10.0 Å². The maximum atomic E-state index is 12.1. The van der Waals surface area contributed by atoms with E-state index in [0.717, 1.165) is 12.8 Å². The molecule has 1 fully saturated rings. The first-order valence-corrected chi connectivity index (χ1v) is 7.55. The van der Waals surface area contributed by atoms with E-state index in [1.54, 1.807) is 6.92 Å². The molecule has 1 aromatic rings. The largest absolute Gasteiger partial charge is 0.478 e. The Hall–Kier alpha value is -1.40. The first kappa shape index (κ1) is 14.0. The van der Waals surface area contributed by atoms with Crippen LogP contribution >= 0.6 is 0 Å². The summed E-state index contributed by atoms with van der Waals surface area (Å²) in [5, 5.41) is 9.01. The van der Waals surface area contributed by atoms with Crippen LogP contribution in [0.3, 0.4) is 0 Å². The number of nitrogens with one attached hydrogen (secondary N) is 1. The number of hydrogen-bond acceptors (Lipinski definition) is 3. The summed E-state index contributed by atoms with van der Waals surface area (Å²) in [6.45, 7) is 4.05. The summed E-state index contributed by atoms with van der Waals surface area (Å²) in [4.78, 5) is 11.0. The SMILES string of the molecule is Cc1ccc(S(=O)(=O)NCC2(C)CC2)cc1C(=O)O. The van der Waals surface area contributed by atoms with E-state index in [2.05, 4.69) is 4.72 Å². The zero-order valence-electron chi connectivity index (χ0n) is 10.9. The number of sulfonamides is 1. The van der Waals surface area contributed by atoms with E-state index in [9.17, 15) is 13.2 Å². The van der Waals surface area contributed by atoms with Gasteiger partial charge in [-0.3, -0.25) is 0 Å². The molecule has 1 saturated carbocycles. The topological polar surface area (TPSA) is 83.5 Å². The minimum Gasteiger partial charge on any atom is -0.478 e. The number of carboxylic acid groups (broad SMARTS) is 1. The van der Waals surface area contributed by atoms with E-state index < -0.39 is 16.0 Å². The predicted octanol–water partition coefficient (Wildman–Crippen LogP) is 1.77. The molecule has 0 saturated heterocycles. The van der Waals surface area contributed by atoms with Crippen LogP contribution in [0, 0.1) is 12.3 Å². The number of aromatic carboxylic acids is 1. The molecule has 0 atom stereocenters. The third-order valence-electron chi connectivity index (χ3n) is 3.54. The van der Waals surface area contributed by atoms with Crippen LogP contribution in [0.2, 0.25) is 0 Å². The van der Waals surface area contributed by atoms with Gasteiger partial charge in [0.1, 0.15) is 0 Å². The van der Waals surface area contributed by atoms with Crippen molar-refractivity contribution in [3.05, 3.63) is 29.3 Å². The highest BCUT2D eigenvalue weighted by atomic mass is 32.2. The number of rotatable bonds is 5. The Labute approximate surface area is 112 Å². The summed E-state index contributed by atoms with van der Waals surface area (Å²) in [7, 11) is -3.64. The third kappa shape index (κ3) is 3.13. The van der Waals surface area contributed by atoms with Gasteiger partial charge in [-0.05, 0) is 42.9 Å². The number of aryl methyl sites for hydroxylation is 1. The average molecular weight is 283 g/mol. The molecular weight excluding hydrogens is 266 g/mol. The monoisotopic (exact) mass is 283 g/mol. The summed E-state index contributed by atoms with van der Waals surface area (Å²) >= 11 is 0. The molecule has 1 aromatic carbocycles. The van der Waals surface area contributed by atoms with Gasteiger partial charge in [0.2, 0.25) is 10.0 Å². The summed E-state index contributed by atoms with van der Waals surface area (Å²) in [6.07, 6.45) is 2.04. The van der Waals surface area contributed by atoms with E-state index >= 15 is 0 Å². The van der Waals surface area contributed by atoms with Crippen LogP contribution in [0.15, 0.2) is 23.1 Å². The first-order valence-electron chi connectivity index (χ1n) is 6.07. The molecule has 0 heterocycles. The van der Waals surface area contributed by atoms with Gasteiger partial charge in [-0.2, -0.15) is 0 Å². The highest BCUT2D eigenvalue weighted by Crippen LogP contribution is 2.44. The molecule has 0 radical (unpaired) electrons. The molecule has 104 valence electrons. The Morgan fingerprint density at radius 1 is 1.42 bits per heavy atom. The van der Waals surface area contributed by atoms with Crippen molar-refractivity contribution in [1.29, 1.82) is 0 Å². The molecule has 0 amide bonds. The van der Waals surface area contributed by atoms with Gasteiger partial charge in [-0.15, -0.1) is 0 Å². The minimum atomic E-state index is -3.64. The van der Waals surface area contributed by atoms with Crippen LogP contribution in [0.4, 0.5) is 0 Å². The normalized spacial score (nSPS) is 17.2. The molecule has 0 unspecified atom stereocenters. The van der Waals surface area contributed by atoms with Crippen molar-refractivity contribution in [2.45, 2.75) is 31.6 Å². The molecule has 2 N–H and O–H groups in total. The fraction of sp³-hybridized carbons (Fsp3) is 0.462. The summed E-state index contributed by atoms with van der Waals surface area (Å²) in [6, 6.07) is 4.14. The summed E-state index contributed by atoms with van der Waals surface area (Å²) < 4.78 is 26.7. The Morgan fingerprint density at radius 3 is 2.58 bits per heavy atom. The molecule has 5 nitrogen and oxygen atoms in total. The number of benzene rings is 1. The molecular formula is C13H17NO4S. The van der Waals surface area contributed by atoms with E-state index in [4.69, 9.17) is 5.11 Å². The molecule has 19 heavy (non-hydrogen) atoms. The Balaban J connectivity index is 2.24. The van der Waals surface area contributed by atoms with Crippen LogP contribution in [0.5, 0.6) is 0 Å². The Kier molecular flexibility index (Phi) is 3.40. The second-order valence-electron chi connectivity index (χ2n) is 5.42. The van der Waals surface area contributed by atoms with Crippen molar-refractivity contribution in [3.63, 3.8) is 0 Å².